The van der Waals surface area contributed by atoms with Gasteiger partial charge in [-0.15, -0.1) is 0 Å². The van der Waals surface area contributed by atoms with E-state index in [2.05, 4.69) is 12.2 Å². The molecule has 5 heteroatoms. The highest BCUT2D eigenvalue weighted by Gasteiger charge is 2.67. The number of amides is 2. The average Bonchev–Trinajstić information content (AvgIpc) is 3.39. The van der Waals surface area contributed by atoms with Gasteiger partial charge in [0.25, 0.3) is 0 Å². The lowest BCUT2D eigenvalue weighted by Crippen LogP contribution is -2.40. The lowest BCUT2D eigenvalue weighted by atomic mass is 9.63. The summed E-state index contributed by atoms with van der Waals surface area (Å²) in [5.41, 5.74) is 0.835. The number of anilines is 1. The van der Waals surface area contributed by atoms with Gasteiger partial charge >= 0.3 is 5.97 Å². The number of ether oxygens (including phenoxy) is 1. The second-order valence-corrected chi connectivity index (χ2v) is 7.44. The molecule has 0 spiro atoms. The summed E-state index contributed by atoms with van der Waals surface area (Å²) in [4.78, 5) is 39.4. The van der Waals surface area contributed by atoms with E-state index < -0.39 is 5.97 Å². The summed E-state index contributed by atoms with van der Waals surface area (Å²) in [5, 5.41) is 0. The largest absolute Gasteiger partial charge is 0.462 e. The first kappa shape index (κ1) is 14.9. The molecule has 0 aromatic heterocycles. The number of hydrogen-bond donors (Lipinski definition) is 0. The van der Waals surface area contributed by atoms with Gasteiger partial charge in [-0.2, -0.15) is 0 Å². The maximum Gasteiger partial charge on any atom is 0.338 e. The third-order valence-electron chi connectivity index (χ3n) is 6.28. The van der Waals surface area contributed by atoms with E-state index in [1.165, 1.54) is 4.90 Å². The van der Waals surface area contributed by atoms with Crippen LogP contribution in [0.25, 0.3) is 0 Å². The Balaban J connectivity index is 1.50. The molecule has 128 valence electrons. The van der Waals surface area contributed by atoms with Gasteiger partial charge in [-0.25, -0.2) is 9.69 Å². The van der Waals surface area contributed by atoms with Crippen LogP contribution in [0.2, 0.25) is 0 Å². The first-order valence-corrected chi connectivity index (χ1v) is 8.95. The van der Waals surface area contributed by atoms with Crippen LogP contribution in [0.15, 0.2) is 36.4 Å². The summed E-state index contributed by atoms with van der Waals surface area (Å²) in [6.07, 6.45) is 5.46. The van der Waals surface area contributed by atoms with E-state index in [4.69, 9.17) is 4.74 Å². The molecule has 25 heavy (non-hydrogen) atoms. The third-order valence-corrected chi connectivity index (χ3v) is 6.28. The molecule has 3 fully saturated rings. The van der Waals surface area contributed by atoms with Crippen molar-refractivity contribution in [2.24, 2.45) is 35.5 Å². The smallest absolute Gasteiger partial charge is 0.338 e. The molecule has 0 radical (unpaired) electrons. The molecular formula is C20H19NO4. The van der Waals surface area contributed by atoms with Crippen molar-refractivity contribution in [3.63, 3.8) is 0 Å². The summed E-state index contributed by atoms with van der Waals surface area (Å²) < 4.78 is 5.02. The number of benzene rings is 1. The maximum atomic E-state index is 13.1. The summed E-state index contributed by atoms with van der Waals surface area (Å²) in [6, 6.07) is 6.63. The number of carbonyl (C=O) groups excluding carboxylic acids is 3. The number of esters is 1. The minimum absolute atomic E-state index is 0.110. The quantitative estimate of drug-likeness (QED) is 0.483. The zero-order valence-corrected chi connectivity index (χ0v) is 13.9. The van der Waals surface area contributed by atoms with E-state index in [0.717, 1.165) is 6.42 Å². The van der Waals surface area contributed by atoms with Crippen molar-refractivity contribution >= 4 is 23.5 Å². The van der Waals surface area contributed by atoms with E-state index in [1.807, 2.05) is 0 Å². The Morgan fingerprint density at radius 2 is 1.76 bits per heavy atom. The highest BCUT2D eigenvalue weighted by molar-refractivity contribution is 6.22. The standard InChI is InChI=1S/C20H19NO4/c1-2-25-20(24)10-4-3-5-11(8-10)21-18(22)16-12-6-7-13(15-9-14(12)15)17(16)19(21)23/h3-8,12-17H,2,9H2,1H3/t12-,13+,14-,15-,16+,17-/m1/s1. The van der Waals surface area contributed by atoms with Crippen LogP contribution in [0.1, 0.15) is 23.7 Å². The molecule has 1 aromatic rings. The average molecular weight is 337 g/mol. The van der Waals surface area contributed by atoms with Gasteiger partial charge in [-0.3, -0.25) is 9.59 Å². The molecule has 6 rings (SSSR count). The number of allylic oxidation sites excluding steroid dienone is 2. The molecule has 2 amide bonds. The first-order valence-electron chi connectivity index (χ1n) is 8.95. The molecule has 4 aliphatic carbocycles. The van der Waals surface area contributed by atoms with E-state index >= 15 is 0 Å². The number of imide groups is 1. The summed E-state index contributed by atoms with van der Waals surface area (Å²) in [7, 11) is 0. The van der Waals surface area contributed by atoms with Crippen LogP contribution < -0.4 is 4.90 Å². The monoisotopic (exact) mass is 337 g/mol. The minimum atomic E-state index is -0.441. The van der Waals surface area contributed by atoms with E-state index in [1.54, 1.807) is 31.2 Å². The summed E-state index contributed by atoms with van der Waals surface area (Å²) in [5.74, 6) is 0.460. The Labute approximate surface area is 145 Å². The zero-order chi connectivity index (χ0) is 17.3. The van der Waals surface area contributed by atoms with Crippen LogP contribution in [-0.4, -0.2) is 24.4 Å². The topological polar surface area (TPSA) is 63.7 Å². The fourth-order valence-electron chi connectivity index (χ4n) is 5.20. The van der Waals surface area contributed by atoms with Crippen LogP contribution in [0.4, 0.5) is 5.69 Å². The van der Waals surface area contributed by atoms with Crippen molar-refractivity contribution in [3.8, 4) is 0 Å². The normalized spacial score (nSPS) is 37.1. The molecular weight excluding hydrogens is 318 g/mol. The van der Waals surface area contributed by atoms with Crippen LogP contribution in [0, 0.1) is 35.5 Å². The van der Waals surface area contributed by atoms with E-state index in [-0.39, 0.29) is 42.1 Å². The Morgan fingerprint density at radius 1 is 1.12 bits per heavy atom. The van der Waals surface area contributed by atoms with Crippen molar-refractivity contribution in [2.45, 2.75) is 13.3 Å². The SMILES string of the molecule is CCOC(=O)c1cccc(N2C(=O)[C@@H]3[C@H]4C=C[C@H]([C@H]5C[C@H]45)[C@@H]3C2=O)c1. The fraction of sp³-hybridized carbons (Fsp3) is 0.450. The lowest BCUT2D eigenvalue weighted by molar-refractivity contribution is -0.124. The highest BCUT2D eigenvalue weighted by Crippen LogP contribution is 2.65. The van der Waals surface area contributed by atoms with Crippen LogP contribution >= 0.6 is 0 Å². The molecule has 5 aliphatic rings. The van der Waals surface area contributed by atoms with Crippen LogP contribution in [0.5, 0.6) is 0 Å². The van der Waals surface area contributed by atoms with Gasteiger partial charge < -0.3 is 4.74 Å². The molecule has 1 heterocycles. The van der Waals surface area contributed by atoms with E-state index in [0.29, 0.717) is 23.1 Å². The Kier molecular flexibility index (Phi) is 3.00. The second kappa shape index (κ2) is 5.04. The van der Waals surface area contributed by atoms with Gasteiger partial charge in [0.05, 0.1) is 29.7 Å². The maximum absolute atomic E-state index is 13.1. The van der Waals surface area contributed by atoms with Crippen molar-refractivity contribution < 1.29 is 19.1 Å². The molecule has 5 nitrogen and oxygen atoms in total. The minimum Gasteiger partial charge on any atom is -0.462 e. The number of carbonyl (C=O) groups is 3. The van der Waals surface area contributed by atoms with Crippen LogP contribution in [0.3, 0.4) is 0 Å². The van der Waals surface area contributed by atoms with Crippen molar-refractivity contribution in [2.75, 3.05) is 11.5 Å². The van der Waals surface area contributed by atoms with Gasteiger partial charge in [0.1, 0.15) is 0 Å². The molecule has 2 saturated carbocycles. The molecule has 1 aliphatic heterocycles. The predicted octanol–water partition coefficient (Wildman–Crippen LogP) is 2.42. The fourth-order valence-corrected chi connectivity index (χ4v) is 5.20. The second-order valence-electron chi connectivity index (χ2n) is 7.44. The number of hydrogen-bond acceptors (Lipinski definition) is 4. The van der Waals surface area contributed by atoms with Gasteiger partial charge in [0, 0.05) is 0 Å². The van der Waals surface area contributed by atoms with Gasteiger partial charge in [-0.1, -0.05) is 18.2 Å². The lowest BCUT2D eigenvalue weighted by Gasteiger charge is -2.37. The molecule has 1 aromatic carbocycles. The predicted molar refractivity (Wildman–Crippen MR) is 89.6 cm³/mol. The van der Waals surface area contributed by atoms with Gasteiger partial charge in [-0.05, 0) is 55.2 Å². The Bertz CT molecular complexity index is 793. The van der Waals surface area contributed by atoms with E-state index in [9.17, 15) is 14.4 Å². The molecule has 0 N–H and O–H groups in total. The highest BCUT2D eigenvalue weighted by atomic mass is 16.5. The van der Waals surface area contributed by atoms with Crippen molar-refractivity contribution in [1.29, 1.82) is 0 Å². The molecule has 2 bridgehead atoms. The molecule has 0 unspecified atom stereocenters. The van der Waals surface area contributed by atoms with Crippen molar-refractivity contribution in [1.82, 2.24) is 0 Å². The number of rotatable bonds is 3. The number of nitrogens with zero attached hydrogens (tertiary/aromatic N) is 1. The molecule has 1 saturated heterocycles. The van der Waals surface area contributed by atoms with Crippen molar-refractivity contribution in [3.05, 3.63) is 42.0 Å². The van der Waals surface area contributed by atoms with Gasteiger partial charge in [0.15, 0.2) is 0 Å². The first-order chi connectivity index (χ1) is 12.1. The Morgan fingerprint density at radius 3 is 2.36 bits per heavy atom. The zero-order valence-electron chi connectivity index (χ0n) is 13.9. The van der Waals surface area contributed by atoms with Crippen LogP contribution in [-0.2, 0) is 14.3 Å². The molecule has 6 atom stereocenters. The third kappa shape index (κ3) is 1.92. The van der Waals surface area contributed by atoms with Gasteiger partial charge in [0.2, 0.25) is 11.8 Å². The summed E-state index contributed by atoms with van der Waals surface area (Å²) in [6.45, 7) is 2.03. The summed E-state index contributed by atoms with van der Waals surface area (Å²) >= 11 is 0. The Hall–Kier alpha value is -2.43.